The first-order valence-corrected chi connectivity index (χ1v) is 9.20. The second-order valence-electron chi connectivity index (χ2n) is 7.62. The Morgan fingerprint density at radius 3 is 2.19 bits per heavy atom. The lowest BCUT2D eigenvalue weighted by Gasteiger charge is -2.23. The van der Waals surface area contributed by atoms with Gasteiger partial charge in [0.15, 0.2) is 12.4 Å². The minimum Gasteiger partial charge on any atom is -0.456 e. The predicted molar refractivity (Wildman–Crippen MR) is 95.5 cm³/mol. The third kappa shape index (κ3) is 2.80. The minimum absolute atomic E-state index is 0.0905. The summed E-state index contributed by atoms with van der Waals surface area (Å²) in [6.07, 6.45) is 4.85. The van der Waals surface area contributed by atoms with Crippen LogP contribution >= 0.6 is 0 Å². The molecule has 1 saturated heterocycles. The number of ketones is 1. The van der Waals surface area contributed by atoms with Crippen molar-refractivity contribution in [1.82, 2.24) is 4.90 Å². The molecule has 0 N–H and O–H groups in total. The lowest BCUT2D eigenvalue weighted by atomic mass is 9.85. The van der Waals surface area contributed by atoms with Crippen molar-refractivity contribution < 1.29 is 23.9 Å². The molecule has 0 spiro atoms. The highest BCUT2D eigenvalue weighted by atomic mass is 16.5. The third-order valence-electron chi connectivity index (χ3n) is 5.95. The normalized spacial score (nSPS) is 29.2. The van der Waals surface area contributed by atoms with Crippen molar-refractivity contribution in [3.05, 3.63) is 47.5 Å². The molecule has 1 aromatic rings. The van der Waals surface area contributed by atoms with E-state index < -0.39 is 18.6 Å². The standard InChI is InChI=1S/C21H21NO5/c1-11-3-5-13(6-4-11)16(23)10-27-21(26)12(2)22-19(24)17-14-7-8-15(9-14)18(17)20(22)25/h3-8,12,14-15,17-18H,9-10H2,1-2H3/t12-,14-,15-,17-,18+/m0/s1. The number of carbonyl (C=O) groups excluding carboxylic acids is 4. The van der Waals surface area contributed by atoms with Crippen LogP contribution in [0, 0.1) is 30.6 Å². The lowest BCUT2D eigenvalue weighted by Crippen LogP contribution is -2.45. The van der Waals surface area contributed by atoms with Crippen LogP contribution in [0.25, 0.3) is 0 Å². The van der Waals surface area contributed by atoms with Crippen LogP contribution in [0.4, 0.5) is 0 Å². The highest BCUT2D eigenvalue weighted by Gasteiger charge is 2.60. The van der Waals surface area contributed by atoms with Gasteiger partial charge >= 0.3 is 5.97 Å². The smallest absolute Gasteiger partial charge is 0.329 e. The molecule has 0 radical (unpaired) electrons. The van der Waals surface area contributed by atoms with E-state index in [4.69, 9.17) is 4.74 Å². The molecule has 2 amide bonds. The highest BCUT2D eigenvalue weighted by Crippen LogP contribution is 2.52. The molecular formula is C21H21NO5. The molecule has 2 fully saturated rings. The van der Waals surface area contributed by atoms with Gasteiger partial charge < -0.3 is 4.74 Å². The fourth-order valence-corrected chi connectivity index (χ4v) is 4.49. The molecule has 2 bridgehead atoms. The van der Waals surface area contributed by atoms with Crippen LogP contribution in [0.1, 0.15) is 29.3 Å². The first-order chi connectivity index (χ1) is 12.9. The van der Waals surface area contributed by atoms with Crippen molar-refractivity contribution in [2.75, 3.05) is 6.61 Å². The number of benzene rings is 1. The van der Waals surface area contributed by atoms with E-state index >= 15 is 0 Å². The van der Waals surface area contributed by atoms with Gasteiger partial charge in [-0.2, -0.15) is 0 Å². The largest absolute Gasteiger partial charge is 0.456 e. The Balaban J connectivity index is 1.39. The number of aryl methyl sites for hydroxylation is 1. The summed E-state index contributed by atoms with van der Waals surface area (Å²) in [5.41, 5.74) is 1.48. The van der Waals surface area contributed by atoms with E-state index in [-0.39, 0.29) is 41.3 Å². The SMILES string of the molecule is Cc1ccc(C(=O)COC(=O)[C@H](C)N2C(=O)[C@@H]3[C@H](C2=O)[C@H]2C=C[C@H]3C2)cc1. The fourth-order valence-electron chi connectivity index (χ4n) is 4.49. The number of imide groups is 1. The number of amides is 2. The molecule has 27 heavy (non-hydrogen) atoms. The molecule has 5 atom stereocenters. The summed E-state index contributed by atoms with van der Waals surface area (Å²) >= 11 is 0. The van der Waals surface area contributed by atoms with Gasteiger partial charge in [-0.1, -0.05) is 42.0 Å². The number of hydrogen-bond donors (Lipinski definition) is 0. The summed E-state index contributed by atoms with van der Waals surface area (Å²) in [6.45, 7) is 2.98. The van der Waals surface area contributed by atoms with Gasteiger partial charge in [-0.25, -0.2) is 4.79 Å². The van der Waals surface area contributed by atoms with E-state index in [0.29, 0.717) is 5.56 Å². The number of hydrogen-bond acceptors (Lipinski definition) is 5. The lowest BCUT2D eigenvalue weighted by molar-refractivity contribution is -0.157. The maximum Gasteiger partial charge on any atom is 0.329 e. The molecule has 1 heterocycles. The summed E-state index contributed by atoms with van der Waals surface area (Å²) in [5, 5.41) is 0. The quantitative estimate of drug-likeness (QED) is 0.344. The molecule has 0 aromatic heterocycles. The molecule has 0 unspecified atom stereocenters. The number of nitrogens with zero attached hydrogens (tertiary/aromatic N) is 1. The summed E-state index contributed by atoms with van der Waals surface area (Å²) in [6, 6.07) is 5.93. The second kappa shape index (κ2) is 6.44. The van der Waals surface area contributed by atoms with E-state index in [9.17, 15) is 19.2 Å². The predicted octanol–water partition coefficient (Wildman–Crippen LogP) is 1.92. The number of rotatable bonds is 5. The van der Waals surface area contributed by atoms with Gasteiger partial charge in [-0.15, -0.1) is 0 Å². The molecule has 6 nitrogen and oxygen atoms in total. The molecule has 6 heteroatoms. The number of likely N-dealkylation sites (tertiary alicyclic amines) is 1. The molecule has 3 aliphatic rings. The first kappa shape index (κ1) is 17.6. The van der Waals surface area contributed by atoms with Crippen molar-refractivity contribution in [2.24, 2.45) is 23.7 Å². The number of ether oxygens (including phenoxy) is 1. The van der Waals surface area contributed by atoms with E-state index in [1.807, 2.05) is 19.1 Å². The Bertz CT molecular complexity index is 826. The molecule has 1 aliphatic heterocycles. The average Bonchev–Trinajstić information content (AvgIpc) is 3.33. The summed E-state index contributed by atoms with van der Waals surface area (Å²) in [5.74, 6) is -2.17. The van der Waals surface area contributed by atoms with Crippen molar-refractivity contribution in [1.29, 1.82) is 0 Å². The van der Waals surface area contributed by atoms with Crippen LogP contribution in [0.5, 0.6) is 0 Å². The topological polar surface area (TPSA) is 80.8 Å². The van der Waals surface area contributed by atoms with Crippen LogP contribution in [0.3, 0.4) is 0 Å². The van der Waals surface area contributed by atoms with Gasteiger partial charge in [0.25, 0.3) is 0 Å². The van der Waals surface area contributed by atoms with Crippen molar-refractivity contribution in [2.45, 2.75) is 26.3 Å². The molecule has 2 aliphatic carbocycles. The average molecular weight is 367 g/mol. The third-order valence-corrected chi connectivity index (χ3v) is 5.95. The second-order valence-corrected chi connectivity index (χ2v) is 7.62. The first-order valence-electron chi connectivity index (χ1n) is 9.20. The fraction of sp³-hybridized carbons (Fsp3) is 0.429. The summed E-state index contributed by atoms with van der Waals surface area (Å²) in [4.78, 5) is 51.0. The van der Waals surface area contributed by atoms with Gasteiger partial charge in [0, 0.05) is 5.56 Å². The van der Waals surface area contributed by atoms with Crippen molar-refractivity contribution in [3.8, 4) is 0 Å². The van der Waals surface area contributed by atoms with E-state index in [1.165, 1.54) is 6.92 Å². The number of carbonyl (C=O) groups is 4. The number of fused-ring (bicyclic) bond motifs is 5. The molecule has 4 rings (SSSR count). The van der Waals surface area contributed by atoms with Gasteiger partial charge in [0.05, 0.1) is 11.8 Å². The maximum absolute atomic E-state index is 12.7. The number of Topliss-reactive ketones (excluding diaryl/α,β-unsaturated/α-hetero) is 1. The number of allylic oxidation sites excluding steroid dienone is 2. The van der Waals surface area contributed by atoms with Crippen LogP contribution in [-0.4, -0.2) is 41.1 Å². The maximum atomic E-state index is 12.7. The minimum atomic E-state index is -1.03. The zero-order chi connectivity index (χ0) is 19.3. The summed E-state index contributed by atoms with van der Waals surface area (Å²) < 4.78 is 5.10. The van der Waals surface area contributed by atoms with E-state index in [1.54, 1.807) is 24.3 Å². The van der Waals surface area contributed by atoms with Crippen molar-refractivity contribution in [3.63, 3.8) is 0 Å². The van der Waals surface area contributed by atoms with Gasteiger partial charge in [0.1, 0.15) is 6.04 Å². The van der Waals surface area contributed by atoms with Gasteiger partial charge in [-0.3, -0.25) is 19.3 Å². The zero-order valence-electron chi connectivity index (χ0n) is 15.3. The molecule has 1 aromatic carbocycles. The monoisotopic (exact) mass is 367 g/mol. The van der Waals surface area contributed by atoms with Crippen LogP contribution in [0.2, 0.25) is 0 Å². The van der Waals surface area contributed by atoms with E-state index in [0.717, 1.165) is 16.9 Å². The van der Waals surface area contributed by atoms with Gasteiger partial charge in [-0.05, 0) is 32.1 Å². The van der Waals surface area contributed by atoms with Crippen LogP contribution in [0.15, 0.2) is 36.4 Å². The Labute approximate surface area is 157 Å². The Morgan fingerprint density at radius 2 is 1.63 bits per heavy atom. The van der Waals surface area contributed by atoms with E-state index in [2.05, 4.69) is 0 Å². The Morgan fingerprint density at radius 1 is 1.07 bits per heavy atom. The summed E-state index contributed by atoms with van der Waals surface area (Å²) in [7, 11) is 0. The Hall–Kier alpha value is -2.76. The van der Waals surface area contributed by atoms with Crippen LogP contribution in [-0.2, 0) is 19.1 Å². The molecule has 140 valence electrons. The number of esters is 1. The van der Waals surface area contributed by atoms with Crippen LogP contribution < -0.4 is 0 Å². The van der Waals surface area contributed by atoms with Crippen molar-refractivity contribution >= 4 is 23.6 Å². The Kier molecular flexibility index (Phi) is 4.21. The highest BCUT2D eigenvalue weighted by molar-refractivity contribution is 6.09. The van der Waals surface area contributed by atoms with Gasteiger partial charge in [0.2, 0.25) is 11.8 Å². The zero-order valence-corrected chi connectivity index (χ0v) is 15.3. The molecular weight excluding hydrogens is 346 g/mol. The molecule has 1 saturated carbocycles.